The molecule has 1 N–H and O–H groups in total. The van der Waals surface area contributed by atoms with Gasteiger partial charge in [0.1, 0.15) is 6.04 Å². The number of carboxylic acids is 1. The van der Waals surface area contributed by atoms with E-state index in [1.165, 1.54) is 12.1 Å². The number of fused-ring (bicyclic) bond motifs is 1. The third kappa shape index (κ3) is 4.02. The summed E-state index contributed by atoms with van der Waals surface area (Å²) in [4.78, 5) is 14.8. The van der Waals surface area contributed by atoms with Gasteiger partial charge in [0.25, 0.3) is 0 Å². The summed E-state index contributed by atoms with van der Waals surface area (Å²) in [5.74, 6) is -0.886. The highest BCUT2D eigenvalue weighted by atomic mass is 32.1. The lowest BCUT2D eigenvalue weighted by Gasteiger charge is -2.39. The van der Waals surface area contributed by atoms with Gasteiger partial charge in [-0.2, -0.15) is 13.2 Å². The van der Waals surface area contributed by atoms with Crippen LogP contribution < -0.4 is 0 Å². The Balaban J connectivity index is 1.81. The van der Waals surface area contributed by atoms with Crippen molar-refractivity contribution in [2.24, 2.45) is 0 Å². The molecule has 7 heteroatoms. The molecule has 2 unspecified atom stereocenters. The highest BCUT2D eigenvalue weighted by molar-refractivity contribution is 7.19. The van der Waals surface area contributed by atoms with Crippen molar-refractivity contribution < 1.29 is 23.1 Å². The van der Waals surface area contributed by atoms with E-state index in [1.54, 1.807) is 11.3 Å². The Morgan fingerprint density at radius 2 is 1.83 bits per heavy atom. The molecule has 3 aromatic rings. The zero-order chi connectivity index (χ0) is 20.6. The number of benzene rings is 2. The fraction of sp³-hybridized carbons (Fsp3) is 0.318. The molecule has 4 rings (SSSR count). The van der Waals surface area contributed by atoms with Crippen molar-refractivity contribution in [3.8, 4) is 0 Å². The number of piperidine rings is 1. The normalized spacial score (nSPS) is 19.3. The molecule has 0 saturated carbocycles. The largest absolute Gasteiger partial charge is 0.480 e. The Kier molecular flexibility index (Phi) is 5.36. The molecule has 1 saturated heterocycles. The molecule has 29 heavy (non-hydrogen) atoms. The number of hydrogen-bond donors (Lipinski definition) is 1. The maximum atomic E-state index is 13.0. The van der Waals surface area contributed by atoms with E-state index in [-0.39, 0.29) is 0 Å². The number of hydrogen-bond acceptors (Lipinski definition) is 3. The molecule has 2 aromatic carbocycles. The summed E-state index contributed by atoms with van der Waals surface area (Å²) in [7, 11) is 0. The average molecular weight is 419 g/mol. The van der Waals surface area contributed by atoms with Crippen LogP contribution in [0, 0.1) is 0 Å². The van der Waals surface area contributed by atoms with Crippen LogP contribution >= 0.6 is 11.3 Å². The van der Waals surface area contributed by atoms with Crippen molar-refractivity contribution in [1.82, 2.24) is 4.90 Å². The molecule has 0 spiro atoms. The first-order valence-corrected chi connectivity index (χ1v) is 10.3. The van der Waals surface area contributed by atoms with Gasteiger partial charge in [0.2, 0.25) is 0 Å². The van der Waals surface area contributed by atoms with E-state index < -0.39 is 29.8 Å². The maximum Gasteiger partial charge on any atom is 0.416 e. The number of carboxylic acid groups (broad SMARTS) is 1. The van der Waals surface area contributed by atoms with Crippen LogP contribution in [0.5, 0.6) is 0 Å². The fourth-order valence-corrected chi connectivity index (χ4v) is 5.25. The van der Waals surface area contributed by atoms with Gasteiger partial charge in [0.15, 0.2) is 0 Å². The first-order valence-electron chi connectivity index (χ1n) is 9.49. The van der Waals surface area contributed by atoms with E-state index in [1.807, 2.05) is 35.2 Å². The minimum Gasteiger partial charge on any atom is -0.480 e. The Morgan fingerprint density at radius 1 is 1.10 bits per heavy atom. The Labute approximate surface area is 170 Å². The van der Waals surface area contributed by atoms with Gasteiger partial charge in [0, 0.05) is 9.58 Å². The first kappa shape index (κ1) is 19.9. The van der Waals surface area contributed by atoms with E-state index in [4.69, 9.17) is 0 Å². The predicted molar refractivity (Wildman–Crippen MR) is 107 cm³/mol. The number of thiophene rings is 1. The molecule has 3 nitrogen and oxygen atoms in total. The topological polar surface area (TPSA) is 40.5 Å². The van der Waals surface area contributed by atoms with E-state index in [0.29, 0.717) is 18.5 Å². The number of aliphatic carboxylic acids is 1. The van der Waals surface area contributed by atoms with Crippen LogP contribution in [0.1, 0.15) is 41.3 Å². The van der Waals surface area contributed by atoms with Gasteiger partial charge in [-0.15, -0.1) is 11.3 Å². The van der Waals surface area contributed by atoms with Gasteiger partial charge in [-0.25, -0.2) is 0 Å². The van der Waals surface area contributed by atoms with Crippen molar-refractivity contribution in [2.45, 2.75) is 37.5 Å². The summed E-state index contributed by atoms with van der Waals surface area (Å²) in [6, 6.07) is 14.0. The molecule has 2 atom stereocenters. The van der Waals surface area contributed by atoms with E-state index >= 15 is 0 Å². The molecular formula is C22H20F3NO2S. The average Bonchev–Trinajstić information content (AvgIpc) is 3.12. The summed E-state index contributed by atoms with van der Waals surface area (Å²) < 4.78 is 40.1. The van der Waals surface area contributed by atoms with Crippen LogP contribution in [-0.4, -0.2) is 28.6 Å². The molecule has 0 aliphatic carbocycles. The highest BCUT2D eigenvalue weighted by Crippen LogP contribution is 2.40. The quantitative estimate of drug-likeness (QED) is 0.568. The zero-order valence-corrected chi connectivity index (χ0v) is 16.3. The number of likely N-dealkylation sites (tertiary alicyclic amines) is 1. The third-order valence-electron chi connectivity index (χ3n) is 5.43. The van der Waals surface area contributed by atoms with Gasteiger partial charge in [-0.3, -0.25) is 9.69 Å². The van der Waals surface area contributed by atoms with Crippen molar-refractivity contribution in [2.75, 3.05) is 6.54 Å². The minimum atomic E-state index is -4.40. The smallest absolute Gasteiger partial charge is 0.416 e. The monoisotopic (exact) mass is 419 g/mol. The number of carbonyl (C=O) groups is 1. The van der Waals surface area contributed by atoms with Crippen molar-refractivity contribution in [1.29, 1.82) is 0 Å². The second kappa shape index (κ2) is 7.80. The molecule has 152 valence electrons. The van der Waals surface area contributed by atoms with Crippen LogP contribution in [0.25, 0.3) is 10.1 Å². The molecular weight excluding hydrogens is 399 g/mol. The van der Waals surface area contributed by atoms with Crippen LogP contribution in [0.15, 0.2) is 54.6 Å². The SMILES string of the molecule is O=C(O)C1CCCCN1C(c1ccc(C(F)(F)F)cc1)c1cc2ccccc2s1. The molecule has 1 aliphatic heterocycles. The van der Waals surface area contributed by atoms with Gasteiger partial charge in [-0.05, 0) is 54.6 Å². The third-order valence-corrected chi connectivity index (χ3v) is 6.60. The first-order chi connectivity index (χ1) is 13.8. The second-order valence-corrected chi connectivity index (χ2v) is 8.41. The lowest BCUT2D eigenvalue weighted by Crippen LogP contribution is -2.46. The van der Waals surface area contributed by atoms with Crippen molar-refractivity contribution >= 4 is 27.4 Å². The molecule has 1 aromatic heterocycles. The number of halogens is 3. The Bertz CT molecular complexity index is 980. The van der Waals surface area contributed by atoms with Crippen LogP contribution in [0.3, 0.4) is 0 Å². The number of nitrogens with zero attached hydrogens (tertiary/aromatic N) is 1. The maximum absolute atomic E-state index is 13.0. The fourth-order valence-electron chi connectivity index (χ4n) is 4.04. The zero-order valence-electron chi connectivity index (χ0n) is 15.5. The van der Waals surface area contributed by atoms with Crippen molar-refractivity contribution in [3.05, 3.63) is 70.6 Å². The van der Waals surface area contributed by atoms with Crippen LogP contribution in [-0.2, 0) is 11.0 Å². The van der Waals surface area contributed by atoms with Crippen LogP contribution in [0.2, 0.25) is 0 Å². The van der Waals surface area contributed by atoms with Gasteiger partial charge in [0.05, 0.1) is 11.6 Å². The molecule has 0 radical (unpaired) electrons. The van der Waals surface area contributed by atoms with Gasteiger partial charge in [-0.1, -0.05) is 36.8 Å². The van der Waals surface area contributed by atoms with E-state index in [0.717, 1.165) is 39.9 Å². The Morgan fingerprint density at radius 3 is 2.48 bits per heavy atom. The lowest BCUT2D eigenvalue weighted by atomic mass is 9.94. The minimum absolute atomic E-state index is 0.393. The standard InChI is InChI=1S/C22H20F3NO2S/c23-22(24,25)16-10-8-14(9-11-16)20(26-12-4-3-6-17(26)21(27)28)19-13-15-5-1-2-7-18(15)29-19/h1-2,5,7-11,13,17,20H,3-4,6,12H2,(H,27,28). The summed E-state index contributed by atoms with van der Waals surface area (Å²) in [6.45, 7) is 0.594. The number of rotatable bonds is 4. The van der Waals surface area contributed by atoms with Gasteiger partial charge >= 0.3 is 12.1 Å². The number of alkyl halides is 3. The molecule has 0 amide bonds. The molecule has 1 fully saturated rings. The summed E-state index contributed by atoms with van der Waals surface area (Å²) >= 11 is 1.56. The van der Waals surface area contributed by atoms with E-state index in [2.05, 4.69) is 0 Å². The summed E-state index contributed by atoms with van der Waals surface area (Å²) in [6.07, 6.45) is -2.16. The van der Waals surface area contributed by atoms with Crippen molar-refractivity contribution in [3.63, 3.8) is 0 Å². The van der Waals surface area contributed by atoms with Gasteiger partial charge < -0.3 is 5.11 Å². The highest BCUT2D eigenvalue weighted by Gasteiger charge is 2.36. The predicted octanol–water partition coefficient (Wildman–Crippen LogP) is 5.95. The Hall–Kier alpha value is -2.38. The van der Waals surface area contributed by atoms with Crippen LogP contribution in [0.4, 0.5) is 13.2 Å². The lowest BCUT2D eigenvalue weighted by molar-refractivity contribution is -0.145. The molecule has 1 aliphatic rings. The summed E-state index contributed by atoms with van der Waals surface area (Å²) in [5, 5.41) is 10.8. The second-order valence-electron chi connectivity index (χ2n) is 7.30. The van der Waals surface area contributed by atoms with E-state index in [9.17, 15) is 23.1 Å². The summed E-state index contributed by atoms with van der Waals surface area (Å²) in [5.41, 5.74) is -0.0255. The molecule has 0 bridgehead atoms. The molecule has 2 heterocycles.